The Kier molecular flexibility index (Phi) is 6.18. The molecule has 0 saturated carbocycles. The average molecular weight is 396 g/mol. The van der Waals surface area contributed by atoms with E-state index in [1.165, 1.54) is 5.56 Å². The first-order valence-electron chi connectivity index (χ1n) is 10.2. The van der Waals surface area contributed by atoms with Gasteiger partial charge in [-0.2, -0.15) is 0 Å². The lowest BCUT2D eigenvalue weighted by molar-refractivity contribution is -0.0340. The van der Waals surface area contributed by atoms with Gasteiger partial charge in [-0.05, 0) is 36.6 Å². The summed E-state index contributed by atoms with van der Waals surface area (Å²) in [5, 5.41) is 0. The number of Topliss-reactive ketones (excluding diaryl/α,β-unsaturated/α-hetero) is 1. The van der Waals surface area contributed by atoms with Gasteiger partial charge in [0, 0.05) is 64.4 Å². The lowest BCUT2D eigenvalue weighted by Crippen LogP contribution is -2.62. The molecule has 29 heavy (non-hydrogen) atoms. The molecule has 0 bridgehead atoms. The number of hydrogen-bond donors (Lipinski definition) is 0. The van der Waals surface area contributed by atoms with Crippen LogP contribution < -0.4 is 4.74 Å². The zero-order chi connectivity index (χ0) is 20.1. The molecular formula is C22H28N4O3. The molecule has 0 radical (unpaired) electrons. The van der Waals surface area contributed by atoms with Crippen LogP contribution in [-0.4, -0.2) is 77.6 Å². The Morgan fingerprint density at radius 3 is 2.59 bits per heavy atom. The molecule has 4 heterocycles. The number of ketones is 1. The van der Waals surface area contributed by atoms with Crippen molar-refractivity contribution >= 4 is 5.78 Å². The van der Waals surface area contributed by atoms with Crippen molar-refractivity contribution in [1.29, 1.82) is 0 Å². The number of pyridine rings is 2. The molecule has 0 aliphatic carbocycles. The van der Waals surface area contributed by atoms with E-state index in [4.69, 9.17) is 9.47 Å². The Labute approximate surface area is 171 Å². The van der Waals surface area contributed by atoms with Gasteiger partial charge in [-0.15, -0.1) is 0 Å². The highest BCUT2D eigenvalue weighted by atomic mass is 16.5. The third kappa shape index (κ3) is 4.32. The molecule has 2 saturated heterocycles. The highest BCUT2D eigenvalue weighted by Gasteiger charge is 2.46. The zero-order valence-electron chi connectivity index (χ0n) is 16.9. The predicted octanol–water partition coefficient (Wildman–Crippen LogP) is 2.03. The first kappa shape index (κ1) is 19.9. The van der Waals surface area contributed by atoms with Crippen LogP contribution in [0.4, 0.5) is 0 Å². The number of ether oxygens (including phenoxy) is 2. The molecule has 2 aliphatic heterocycles. The fourth-order valence-corrected chi connectivity index (χ4v) is 4.38. The van der Waals surface area contributed by atoms with E-state index < -0.39 is 5.54 Å². The Bertz CT molecular complexity index is 816. The van der Waals surface area contributed by atoms with Crippen molar-refractivity contribution in [2.75, 3.05) is 46.5 Å². The van der Waals surface area contributed by atoms with Gasteiger partial charge < -0.3 is 9.47 Å². The second kappa shape index (κ2) is 8.98. The van der Waals surface area contributed by atoms with E-state index in [9.17, 15) is 4.79 Å². The van der Waals surface area contributed by atoms with Crippen molar-refractivity contribution in [3.05, 3.63) is 54.0 Å². The minimum Gasteiger partial charge on any atom is -0.481 e. The molecule has 0 N–H and O–H groups in total. The van der Waals surface area contributed by atoms with Gasteiger partial charge >= 0.3 is 0 Å². The summed E-state index contributed by atoms with van der Waals surface area (Å²) >= 11 is 0. The smallest absolute Gasteiger partial charge is 0.213 e. The fraction of sp³-hybridized carbons (Fsp3) is 0.500. The standard InChI is InChI=1S/C22H28N4O3/c1-28-20-16-18(5-9-24-20)17-25-10-12-26(13-11-25)22(6-14-29-15-7-22)21(27)19-4-2-3-8-23-19/h2-5,8-9,16H,6-7,10-15,17H2,1H3. The summed E-state index contributed by atoms with van der Waals surface area (Å²) in [7, 11) is 1.64. The number of methoxy groups -OCH3 is 1. The van der Waals surface area contributed by atoms with Crippen molar-refractivity contribution in [3.63, 3.8) is 0 Å². The lowest BCUT2D eigenvalue weighted by atomic mass is 9.81. The normalized spacial score (nSPS) is 20.3. The molecule has 2 aromatic heterocycles. The maximum atomic E-state index is 13.5. The van der Waals surface area contributed by atoms with Crippen molar-refractivity contribution in [1.82, 2.24) is 19.8 Å². The van der Waals surface area contributed by atoms with Crippen LogP contribution in [-0.2, 0) is 11.3 Å². The second-order valence-electron chi connectivity index (χ2n) is 7.66. The predicted molar refractivity (Wildman–Crippen MR) is 109 cm³/mol. The molecule has 0 amide bonds. The summed E-state index contributed by atoms with van der Waals surface area (Å²) in [5.41, 5.74) is 1.25. The Balaban J connectivity index is 1.45. The van der Waals surface area contributed by atoms with Gasteiger partial charge in [0.15, 0.2) is 0 Å². The van der Waals surface area contributed by atoms with E-state index in [2.05, 4.69) is 19.8 Å². The number of rotatable bonds is 6. The van der Waals surface area contributed by atoms with Gasteiger partial charge in [-0.1, -0.05) is 6.07 Å². The summed E-state index contributed by atoms with van der Waals surface area (Å²) in [5.74, 6) is 0.775. The fourth-order valence-electron chi connectivity index (χ4n) is 4.38. The number of hydrogen-bond acceptors (Lipinski definition) is 7. The van der Waals surface area contributed by atoms with Crippen LogP contribution in [0.5, 0.6) is 5.88 Å². The second-order valence-corrected chi connectivity index (χ2v) is 7.66. The van der Waals surface area contributed by atoms with Gasteiger partial charge in [0.1, 0.15) is 5.69 Å². The number of carbonyl (C=O) groups is 1. The molecule has 2 aromatic rings. The van der Waals surface area contributed by atoms with Crippen LogP contribution in [0.1, 0.15) is 28.9 Å². The lowest BCUT2D eigenvalue weighted by Gasteiger charge is -2.48. The van der Waals surface area contributed by atoms with Crippen molar-refractivity contribution in [3.8, 4) is 5.88 Å². The molecule has 2 fully saturated rings. The largest absolute Gasteiger partial charge is 0.481 e. The number of aromatic nitrogens is 2. The SMILES string of the molecule is COc1cc(CN2CCN(C3(C(=O)c4ccccn4)CCOCC3)CC2)ccn1. The molecule has 0 aromatic carbocycles. The number of piperazine rings is 1. The summed E-state index contributed by atoms with van der Waals surface area (Å²) in [6, 6.07) is 9.57. The van der Waals surface area contributed by atoms with Crippen LogP contribution in [0.15, 0.2) is 42.7 Å². The first-order chi connectivity index (χ1) is 14.2. The minimum absolute atomic E-state index is 0.133. The molecule has 154 valence electrons. The summed E-state index contributed by atoms with van der Waals surface area (Å²) in [6.07, 6.45) is 4.93. The molecule has 0 unspecified atom stereocenters. The summed E-state index contributed by atoms with van der Waals surface area (Å²) < 4.78 is 10.8. The molecule has 0 spiro atoms. The summed E-state index contributed by atoms with van der Waals surface area (Å²) in [4.78, 5) is 26.8. The minimum atomic E-state index is -0.501. The molecule has 7 heteroatoms. The van der Waals surface area contributed by atoms with Crippen molar-refractivity contribution in [2.24, 2.45) is 0 Å². The van der Waals surface area contributed by atoms with Crippen LogP contribution in [0.25, 0.3) is 0 Å². The van der Waals surface area contributed by atoms with E-state index in [1.807, 2.05) is 30.3 Å². The van der Waals surface area contributed by atoms with Crippen molar-refractivity contribution < 1.29 is 14.3 Å². The topological polar surface area (TPSA) is 67.8 Å². The summed E-state index contributed by atoms with van der Waals surface area (Å²) in [6.45, 7) is 5.66. The van der Waals surface area contributed by atoms with E-state index >= 15 is 0 Å². The van der Waals surface area contributed by atoms with Crippen molar-refractivity contribution in [2.45, 2.75) is 24.9 Å². The molecular weight excluding hydrogens is 368 g/mol. The third-order valence-electron chi connectivity index (χ3n) is 6.03. The van der Waals surface area contributed by atoms with E-state index in [0.29, 0.717) is 24.8 Å². The number of carbonyl (C=O) groups excluding carboxylic acids is 1. The van der Waals surface area contributed by atoms with E-state index in [1.54, 1.807) is 19.5 Å². The maximum Gasteiger partial charge on any atom is 0.213 e. The monoisotopic (exact) mass is 396 g/mol. The van der Waals surface area contributed by atoms with Gasteiger partial charge in [-0.3, -0.25) is 19.6 Å². The molecule has 7 nitrogen and oxygen atoms in total. The maximum absolute atomic E-state index is 13.5. The highest BCUT2D eigenvalue weighted by molar-refractivity contribution is 6.01. The third-order valence-corrected chi connectivity index (χ3v) is 6.03. The first-order valence-corrected chi connectivity index (χ1v) is 10.2. The van der Waals surface area contributed by atoms with E-state index in [-0.39, 0.29) is 5.78 Å². The Hall–Kier alpha value is -2.35. The van der Waals surface area contributed by atoms with Gasteiger partial charge in [0.2, 0.25) is 11.7 Å². The van der Waals surface area contributed by atoms with Gasteiger partial charge in [0.25, 0.3) is 0 Å². The molecule has 2 aliphatic rings. The molecule has 0 atom stereocenters. The zero-order valence-corrected chi connectivity index (χ0v) is 16.9. The van der Waals surface area contributed by atoms with Gasteiger partial charge in [-0.25, -0.2) is 4.98 Å². The quantitative estimate of drug-likeness (QED) is 0.692. The van der Waals surface area contributed by atoms with Crippen LogP contribution >= 0.6 is 0 Å². The van der Waals surface area contributed by atoms with E-state index in [0.717, 1.165) is 45.6 Å². The molecule has 4 rings (SSSR count). The average Bonchev–Trinajstić information content (AvgIpc) is 2.80. The van der Waals surface area contributed by atoms with Crippen LogP contribution in [0.2, 0.25) is 0 Å². The Morgan fingerprint density at radius 2 is 1.90 bits per heavy atom. The highest BCUT2D eigenvalue weighted by Crippen LogP contribution is 2.32. The van der Waals surface area contributed by atoms with Crippen LogP contribution in [0, 0.1) is 0 Å². The number of nitrogens with zero attached hydrogens (tertiary/aromatic N) is 4. The van der Waals surface area contributed by atoms with Gasteiger partial charge in [0.05, 0.1) is 12.6 Å². The van der Waals surface area contributed by atoms with Crippen LogP contribution in [0.3, 0.4) is 0 Å². The Morgan fingerprint density at radius 1 is 1.10 bits per heavy atom.